The average molecular weight is 360 g/mol. The van der Waals surface area contributed by atoms with E-state index in [1.165, 1.54) is 5.56 Å². The summed E-state index contributed by atoms with van der Waals surface area (Å²) in [5, 5.41) is 0. The molecule has 6 heteroatoms. The molecule has 0 bridgehead atoms. The van der Waals surface area contributed by atoms with Gasteiger partial charge in [-0.3, -0.25) is 9.69 Å². The summed E-state index contributed by atoms with van der Waals surface area (Å²) in [7, 11) is 0. The molecule has 2 unspecified atom stereocenters. The highest BCUT2D eigenvalue weighted by molar-refractivity contribution is 5.85. The Bertz CT molecular complexity index is 478. The number of nitrogens with zero attached hydrogens (tertiary/aromatic N) is 2. The van der Waals surface area contributed by atoms with Crippen LogP contribution >= 0.6 is 24.8 Å². The lowest BCUT2D eigenvalue weighted by molar-refractivity contribution is -0.137. The number of benzene rings is 1. The van der Waals surface area contributed by atoms with Gasteiger partial charge in [0.25, 0.3) is 0 Å². The van der Waals surface area contributed by atoms with Crippen LogP contribution in [0.3, 0.4) is 0 Å². The lowest BCUT2D eigenvalue weighted by Crippen LogP contribution is -2.51. The van der Waals surface area contributed by atoms with Crippen LogP contribution in [0.1, 0.15) is 24.8 Å². The van der Waals surface area contributed by atoms with Gasteiger partial charge >= 0.3 is 0 Å². The number of hydrogen-bond donors (Lipinski definition) is 1. The maximum absolute atomic E-state index is 12.5. The van der Waals surface area contributed by atoms with Gasteiger partial charge in [-0.05, 0) is 18.4 Å². The van der Waals surface area contributed by atoms with Crippen molar-refractivity contribution in [2.24, 2.45) is 11.7 Å². The Morgan fingerprint density at radius 2 is 1.70 bits per heavy atom. The summed E-state index contributed by atoms with van der Waals surface area (Å²) in [6.45, 7) is 4.58. The Hall–Kier alpha value is -0.810. The number of carbonyl (C=O) groups excluding carboxylic acids is 1. The molecule has 2 aliphatic rings. The molecule has 1 aromatic carbocycles. The Morgan fingerprint density at radius 1 is 1.04 bits per heavy atom. The number of carbonyl (C=O) groups is 1. The summed E-state index contributed by atoms with van der Waals surface area (Å²) in [5.41, 5.74) is 7.40. The monoisotopic (exact) mass is 359 g/mol. The van der Waals surface area contributed by atoms with E-state index >= 15 is 0 Å². The molecule has 0 aromatic heterocycles. The maximum Gasteiger partial charge on any atom is 0.227 e. The van der Waals surface area contributed by atoms with Crippen molar-refractivity contribution in [3.63, 3.8) is 0 Å². The molecular formula is C17H27Cl2N3O. The van der Waals surface area contributed by atoms with Crippen LogP contribution in [-0.4, -0.2) is 47.9 Å². The zero-order valence-corrected chi connectivity index (χ0v) is 15.0. The van der Waals surface area contributed by atoms with Gasteiger partial charge in [0.15, 0.2) is 0 Å². The van der Waals surface area contributed by atoms with E-state index in [9.17, 15) is 4.79 Å². The molecule has 3 rings (SSSR count). The molecule has 2 atom stereocenters. The molecule has 0 radical (unpaired) electrons. The van der Waals surface area contributed by atoms with Crippen molar-refractivity contribution in [1.82, 2.24) is 9.80 Å². The summed E-state index contributed by atoms with van der Waals surface area (Å²) in [6.07, 6.45) is 3.08. The number of hydrogen-bond acceptors (Lipinski definition) is 3. The van der Waals surface area contributed by atoms with Gasteiger partial charge in [0.2, 0.25) is 5.91 Å². The molecule has 1 aliphatic heterocycles. The molecule has 1 saturated heterocycles. The predicted octanol–water partition coefficient (Wildman–Crippen LogP) is 2.30. The van der Waals surface area contributed by atoms with E-state index in [0.29, 0.717) is 5.91 Å². The van der Waals surface area contributed by atoms with Gasteiger partial charge in [-0.15, -0.1) is 24.8 Å². The van der Waals surface area contributed by atoms with Crippen LogP contribution in [0.5, 0.6) is 0 Å². The fraction of sp³-hybridized carbons (Fsp3) is 0.588. The Kier molecular flexibility index (Phi) is 8.34. The highest BCUT2D eigenvalue weighted by Gasteiger charge is 2.34. The number of piperazine rings is 1. The lowest BCUT2D eigenvalue weighted by atomic mass is 10.0. The van der Waals surface area contributed by atoms with Crippen molar-refractivity contribution in [2.45, 2.75) is 31.8 Å². The van der Waals surface area contributed by atoms with Crippen molar-refractivity contribution >= 4 is 30.7 Å². The lowest BCUT2D eigenvalue weighted by Gasteiger charge is -2.36. The summed E-state index contributed by atoms with van der Waals surface area (Å²) in [6, 6.07) is 10.6. The van der Waals surface area contributed by atoms with Crippen LogP contribution in [0.4, 0.5) is 0 Å². The van der Waals surface area contributed by atoms with Crippen molar-refractivity contribution < 1.29 is 4.79 Å². The number of nitrogens with two attached hydrogens (primary N) is 1. The van der Waals surface area contributed by atoms with Crippen LogP contribution in [0, 0.1) is 5.92 Å². The molecule has 1 saturated carbocycles. The standard InChI is InChI=1S/C17H25N3O.2ClH/c18-16-8-4-7-15(16)17(21)20-11-9-19(10-12-20)13-14-5-2-1-3-6-14;;/h1-3,5-6,15-16H,4,7-13,18H2;2*1H. The summed E-state index contributed by atoms with van der Waals surface area (Å²) in [5.74, 6) is 0.366. The van der Waals surface area contributed by atoms with Crippen LogP contribution in [0.25, 0.3) is 0 Å². The van der Waals surface area contributed by atoms with Gasteiger partial charge in [0, 0.05) is 38.8 Å². The quantitative estimate of drug-likeness (QED) is 0.900. The SMILES string of the molecule is Cl.Cl.NC1CCCC1C(=O)N1CCN(Cc2ccccc2)CC1. The molecule has 2 N–H and O–H groups in total. The molecule has 2 fully saturated rings. The Morgan fingerprint density at radius 3 is 2.26 bits per heavy atom. The van der Waals surface area contributed by atoms with Gasteiger partial charge in [0.05, 0.1) is 5.92 Å². The first-order chi connectivity index (χ1) is 10.2. The van der Waals surface area contributed by atoms with Crippen molar-refractivity contribution in [2.75, 3.05) is 26.2 Å². The van der Waals surface area contributed by atoms with Gasteiger partial charge < -0.3 is 10.6 Å². The normalized spacial score (nSPS) is 24.7. The molecule has 130 valence electrons. The minimum Gasteiger partial charge on any atom is -0.340 e. The van der Waals surface area contributed by atoms with Gasteiger partial charge in [0.1, 0.15) is 0 Å². The second kappa shape index (κ2) is 9.48. The minimum absolute atomic E-state index is 0. The first-order valence-corrected chi connectivity index (χ1v) is 8.04. The highest BCUT2D eigenvalue weighted by atomic mass is 35.5. The van der Waals surface area contributed by atoms with E-state index in [4.69, 9.17) is 5.73 Å². The molecular weight excluding hydrogens is 333 g/mol. The third-order valence-corrected chi connectivity index (χ3v) is 4.82. The summed E-state index contributed by atoms with van der Waals surface area (Å²) >= 11 is 0. The summed E-state index contributed by atoms with van der Waals surface area (Å²) in [4.78, 5) is 17.0. The van der Waals surface area contributed by atoms with Crippen LogP contribution < -0.4 is 5.73 Å². The van der Waals surface area contributed by atoms with E-state index in [1.54, 1.807) is 0 Å². The second-order valence-corrected chi connectivity index (χ2v) is 6.29. The number of rotatable bonds is 3. The number of halogens is 2. The Labute approximate surface area is 151 Å². The summed E-state index contributed by atoms with van der Waals surface area (Å²) < 4.78 is 0. The molecule has 4 nitrogen and oxygen atoms in total. The fourth-order valence-corrected chi connectivity index (χ4v) is 3.50. The third kappa shape index (κ3) is 5.08. The highest BCUT2D eigenvalue weighted by Crippen LogP contribution is 2.26. The minimum atomic E-state index is 0. The Balaban J connectivity index is 0.00000132. The van der Waals surface area contributed by atoms with E-state index < -0.39 is 0 Å². The first kappa shape index (κ1) is 20.2. The topological polar surface area (TPSA) is 49.6 Å². The zero-order chi connectivity index (χ0) is 14.7. The molecule has 0 spiro atoms. The molecule has 23 heavy (non-hydrogen) atoms. The molecule has 1 aromatic rings. The second-order valence-electron chi connectivity index (χ2n) is 6.29. The zero-order valence-electron chi connectivity index (χ0n) is 13.4. The van der Waals surface area contributed by atoms with Gasteiger partial charge in [-0.2, -0.15) is 0 Å². The smallest absolute Gasteiger partial charge is 0.227 e. The van der Waals surface area contributed by atoms with Crippen LogP contribution in [-0.2, 0) is 11.3 Å². The first-order valence-electron chi connectivity index (χ1n) is 8.04. The van der Waals surface area contributed by atoms with Crippen molar-refractivity contribution in [3.8, 4) is 0 Å². The largest absolute Gasteiger partial charge is 0.340 e. The van der Waals surface area contributed by atoms with Gasteiger partial charge in [-0.1, -0.05) is 36.8 Å². The van der Waals surface area contributed by atoms with E-state index in [0.717, 1.165) is 52.0 Å². The molecule has 1 heterocycles. The third-order valence-electron chi connectivity index (χ3n) is 4.82. The number of amides is 1. The van der Waals surface area contributed by atoms with E-state index in [1.807, 2.05) is 11.0 Å². The molecule has 1 amide bonds. The predicted molar refractivity (Wildman–Crippen MR) is 98.1 cm³/mol. The van der Waals surface area contributed by atoms with Crippen molar-refractivity contribution in [1.29, 1.82) is 0 Å². The fourth-order valence-electron chi connectivity index (χ4n) is 3.50. The maximum atomic E-state index is 12.5. The van der Waals surface area contributed by atoms with Gasteiger partial charge in [-0.25, -0.2) is 0 Å². The average Bonchev–Trinajstić information content (AvgIpc) is 2.94. The van der Waals surface area contributed by atoms with E-state index in [-0.39, 0.29) is 36.8 Å². The molecule has 1 aliphatic carbocycles. The van der Waals surface area contributed by atoms with E-state index in [2.05, 4.69) is 29.2 Å². The van der Waals surface area contributed by atoms with Crippen LogP contribution in [0.15, 0.2) is 30.3 Å². The van der Waals surface area contributed by atoms with Crippen molar-refractivity contribution in [3.05, 3.63) is 35.9 Å². The van der Waals surface area contributed by atoms with Crippen LogP contribution in [0.2, 0.25) is 0 Å².